The summed E-state index contributed by atoms with van der Waals surface area (Å²) >= 11 is 4.82. The highest BCUT2D eigenvalue weighted by atomic mass is 79.9. The number of aromatic nitrogens is 5. The second kappa shape index (κ2) is 7.36. The fourth-order valence-electron chi connectivity index (χ4n) is 2.42. The van der Waals surface area contributed by atoms with Gasteiger partial charge in [0.1, 0.15) is 5.82 Å². The van der Waals surface area contributed by atoms with E-state index in [1.807, 2.05) is 19.1 Å². The van der Waals surface area contributed by atoms with Crippen molar-refractivity contribution in [2.24, 2.45) is 0 Å². The van der Waals surface area contributed by atoms with E-state index in [9.17, 15) is 0 Å². The highest BCUT2D eigenvalue weighted by molar-refractivity contribution is 9.10. The molecule has 0 radical (unpaired) electrons. The zero-order valence-electron chi connectivity index (χ0n) is 15.1. The molecule has 1 atom stereocenters. The summed E-state index contributed by atoms with van der Waals surface area (Å²) < 4.78 is 2.37. The Morgan fingerprint density at radius 2 is 1.69 bits per heavy atom. The van der Waals surface area contributed by atoms with Crippen LogP contribution in [0, 0.1) is 0 Å². The minimum atomic E-state index is 0.00529. The molecule has 2 N–H and O–H groups in total. The van der Waals surface area contributed by atoms with Crippen molar-refractivity contribution in [2.75, 3.05) is 5.84 Å². The summed E-state index contributed by atoms with van der Waals surface area (Å²) in [6.45, 7) is 8.58. The van der Waals surface area contributed by atoms with Crippen molar-refractivity contribution in [1.29, 1.82) is 0 Å². The van der Waals surface area contributed by atoms with Gasteiger partial charge in [-0.05, 0) is 33.8 Å². The molecule has 0 amide bonds. The van der Waals surface area contributed by atoms with Gasteiger partial charge in [-0.1, -0.05) is 56.8 Å². The van der Waals surface area contributed by atoms with E-state index in [2.05, 4.69) is 69.0 Å². The third kappa shape index (κ3) is 4.07. The number of halogens is 1. The second-order valence-corrected chi connectivity index (χ2v) is 9.25. The van der Waals surface area contributed by atoms with Gasteiger partial charge in [0.25, 0.3) is 0 Å². The van der Waals surface area contributed by atoms with Crippen LogP contribution in [0.3, 0.4) is 0 Å². The molecule has 0 fully saturated rings. The van der Waals surface area contributed by atoms with Crippen LogP contribution < -0.4 is 5.84 Å². The number of hydrogen-bond acceptors (Lipinski definition) is 6. The van der Waals surface area contributed by atoms with E-state index in [1.165, 1.54) is 22.0 Å². The van der Waals surface area contributed by atoms with Crippen LogP contribution in [0.1, 0.15) is 44.3 Å². The molecule has 0 saturated heterocycles. The number of hydrogen-bond donors (Lipinski definition) is 1. The van der Waals surface area contributed by atoms with Gasteiger partial charge in [0, 0.05) is 18.0 Å². The zero-order chi connectivity index (χ0) is 18.9. The van der Waals surface area contributed by atoms with Gasteiger partial charge in [0.2, 0.25) is 5.16 Å². The Morgan fingerprint density at radius 1 is 1.08 bits per heavy atom. The van der Waals surface area contributed by atoms with Gasteiger partial charge in [-0.3, -0.25) is 0 Å². The minimum absolute atomic E-state index is 0.00529. The fraction of sp³-hybridized carbons (Fsp3) is 0.333. The van der Waals surface area contributed by atoms with Crippen molar-refractivity contribution in [3.05, 3.63) is 52.5 Å². The molecule has 2 heterocycles. The van der Waals surface area contributed by atoms with Crippen molar-refractivity contribution in [2.45, 2.75) is 43.5 Å². The molecule has 0 saturated carbocycles. The molecule has 0 aliphatic heterocycles. The van der Waals surface area contributed by atoms with Crippen LogP contribution in [0.4, 0.5) is 0 Å². The molecule has 2 aromatic heterocycles. The maximum absolute atomic E-state index is 6.23. The van der Waals surface area contributed by atoms with Crippen molar-refractivity contribution in [3.8, 4) is 11.4 Å². The lowest BCUT2D eigenvalue weighted by Gasteiger charge is -2.19. The molecule has 6 nitrogen and oxygen atoms in total. The monoisotopic (exact) mass is 432 g/mol. The van der Waals surface area contributed by atoms with Gasteiger partial charge in [-0.15, -0.1) is 10.2 Å². The van der Waals surface area contributed by atoms with Crippen molar-refractivity contribution in [1.82, 2.24) is 24.8 Å². The summed E-state index contributed by atoms with van der Waals surface area (Å²) in [7, 11) is 0. The van der Waals surface area contributed by atoms with E-state index in [4.69, 9.17) is 5.84 Å². The Balaban J connectivity index is 1.80. The predicted molar refractivity (Wildman–Crippen MR) is 108 cm³/mol. The Morgan fingerprint density at radius 3 is 2.27 bits per heavy atom. The average Bonchev–Trinajstić information content (AvgIpc) is 2.95. The van der Waals surface area contributed by atoms with E-state index in [0.29, 0.717) is 11.0 Å². The lowest BCUT2D eigenvalue weighted by molar-refractivity contribution is 0.590. The Kier molecular flexibility index (Phi) is 5.34. The van der Waals surface area contributed by atoms with Crippen molar-refractivity contribution < 1.29 is 0 Å². The smallest absolute Gasteiger partial charge is 0.210 e. The van der Waals surface area contributed by atoms with Gasteiger partial charge >= 0.3 is 0 Å². The van der Waals surface area contributed by atoms with Crippen molar-refractivity contribution >= 4 is 27.7 Å². The van der Waals surface area contributed by atoms with Gasteiger partial charge in [-0.25, -0.2) is 14.6 Å². The maximum atomic E-state index is 6.23. The molecule has 0 aliphatic rings. The van der Waals surface area contributed by atoms with Crippen molar-refractivity contribution in [3.63, 3.8) is 0 Å². The summed E-state index contributed by atoms with van der Waals surface area (Å²) in [6, 6.07) is 8.28. The summed E-state index contributed by atoms with van der Waals surface area (Å²) in [5.74, 6) is 7.59. The van der Waals surface area contributed by atoms with Crippen LogP contribution in [-0.4, -0.2) is 24.8 Å². The number of thioether (sulfide) groups is 1. The first-order valence-corrected chi connectivity index (χ1v) is 9.88. The predicted octanol–water partition coefficient (Wildman–Crippen LogP) is 4.36. The van der Waals surface area contributed by atoms with Gasteiger partial charge in [0.05, 0.1) is 9.72 Å². The summed E-state index contributed by atoms with van der Waals surface area (Å²) in [4.78, 5) is 8.65. The highest BCUT2D eigenvalue weighted by Crippen LogP contribution is 2.33. The maximum Gasteiger partial charge on any atom is 0.210 e. The van der Waals surface area contributed by atoms with E-state index < -0.39 is 0 Å². The molecular formula is C18H21BrN6S. The zero-order valence-corrected chi connectivity index (χ0v) is 17.5. The molecule has 3 rings (SSSR count). The number of nitrogen functional groups attached to an aromatic ring is 1. The number of nitrogens with zero attached hydrogens (tertiary/aromatic N) is 5. The molecule has 0 unspecified atom stereocenters. The van der Waals surface area contributed by atoms with E-state index in [1.54, 1.807) is 12.4 Å². The first-order valence-electron chi connectivity index (χ1n) is 8.21. The average molecular weight is 433 g/mol. The largest absolute Gasteiger partial charge is 0.335 e. The normalized spacial score (nSPS) is 13.0. The molecule has 26 heavy (non-hydrogen) atoms. The van der Waals surface area contributed by atoms with E-state index in [0.717, 1.165) is 15.9 Å². The van der Waals surface area contributed by atoms with Crippen LogP contribution in [0.15, 0.2) is 46.3 Å². The SMILES string of the molecule is C[C@@H](Sc1nnc(-c2ccc(C(C)(C)C)cc2)n1N)c1ncc(Br)cn1. The third-order valence-corrected chi connectivity index (χ3v) is 5.42. The number of benzene rings is 1. The van der Waals surface area contributed by atoms with Gasteiger partial charge < -0.3 is 5.84 Å². The van der Waals surface area contributed by atoms with Crippen LogP contribution in [0.5, 0.6) is 0 Å². The number of rotatable bonds is 4. The second-order valence-electron chi connectivity index (χ2n) is 7.02. The molecule has 3 aromatic rings. The molecular weight excluding hydrogens is 412 g/mol. The third-order valence-electron chi connectivity index (χ3n) is 3.96. The molecule has 8 heteroatoms. The first-order chi connectivity index (χ1) is 12.3. The van der Waals surface area contributed by atoms with E-state index >= 15 is 0 Å². The quantitative estimate of drug-likeness (QED) is 0.486. The van der Waals surface area contributed by atoms with Crippen LogP contribution in [-0.2, 0) is 5.41 Å². The first kappa shape index (κ1) is 18.8. The van der Waals surface area contributed by atoms with Gasteiger partial charge in [0.15, 0.2) is 5.82 Å². The number of nitrogens with two attached hydrogens (primary N) is 1. The highest BCUT2D eigenvalue weighted by Gasteiger charge is 2.19. The standard InChI is InChI=1S/C18H21BrN6S/c1-11(15-21-9-14(19)10-22-15)26-17-24-23-16(25(17)20)12-5-7-13(8-6-12)18(2,3)4/h5-11H,20H2,1-4H3/t11-/m1/s1. The molecule has 0 bridgehead atoms. The summed E-state index contributed by atoms with van der Waals surface area (Å²) in [6.07, 6.45) is 3.46. The lowest BCUT2D eigenvalue weighted by atomic mass is 9.87. The Hall–Kier alpha value is -1.93. The summed E-state index contributed by atoms with van der Waals surface area (Å²) in [5, 5.41) is 9.12. The minimum Gasteiger partial charge on any atom is -0.335 e. The summed E-state index contributed by atoms with van der Waals surface area (Å²) in [5.41, 5.74) is 2.31. The molecule has 136 valence electrons. The lowest BCUT2D eigenvalue weighted by Crippen LogP contribution is -2.13. The van der Waals surface area contributed by atoms with Crippen LogP contribution in [0.25, 0.3) is 11.4 Å². The molecule has 0 spiro atoms. The van der Waals surface area contributed by atoms with Crippen LogP contribution >= 0.6 is 27.7 Å². The van der Waals surface area contributed by atoms with Gasteiger partial charge in [-0.2, -0.15) is 0 Å². The topological polar surface area (TPSA) is 82.5 Å². The van der Waals surface area contributed by atoms with Crippen LogP contribution in [0.2, 0.25) is 0 Å². The fourth-order valence-corrected chi connectivity index (χ4v) is 3.45. The van der Waals surface area contributed by atoms with E-state index in [-0.39, 0.29) is 10.7 Å². The Labute approximate surface area is 165 Å². The molecule has 0 aliphatic carbocycles. The Bertz CT molecular complexity index is 884. The molecule has 1 aromatic carbocycles.